The quantitative estimate of drug-likeness (QED) is 0.927. The average molecular weight is 287 g/mol. The molecule has 1 atom stereocenters. The second-order valence-electron chi connectivity index (χ2n) is 5.03. The first-order valence-corrected chi connectivity index (χ1v) is 7.08. The van der Waals surface area contributed by atoms with Crippen LogP contribution in [0.25, 0.3) is 0 Å². The van der Waals surface area contributed by atoms with Crippen molar-refractivity contribution in [3.8, 4) is 11.5 Å². The van der Waals surface area contributed by atoms with Gasteiger partial charge in [-0.05, 0) is 36.2 Å². The highest BCUT2D eigenvalue weighted by atomic mass is 19.1. The van der Waals surface area contributed by atoms with Gasteiger partial charge in [-0.1, -0.05) is 19.1 Å². The smallest absolute Gasteiger partial charge is 0.147 e. The van der Waals surface area contributed by atoms with Crippen LogP contribution in [-0.4, -0.2) is 13.7 Å². The standard InChI is InChI=1S/C17H18FNO2/c1-3-11-7-8-14-13(9-11)19-10-16(21-14)17-12(18)5-4-6-15(17)20-2/h4-9,16,19H,3,10H2,1-2H3. The van der Waals surface area contributed by atoms with E-state index in [-0.39, 0.29) is 5.82 Å². The molecule has 21 heavy (non-hydrogen) atoms. The van der Waals surface area contributed by atoms with Gasteiger partial charge in [-0.25, -0.2) is 4.39 Å². The van der Waals surface area contributed by atoms with E-state index in [2.05, 4.69) is 18.3 Å². The number of benzene rings is 2. The molecule has 0 saturated carbocycles. The molecular weight excluding hydrogens is 269 g/mol. The van der Waals surface area contributed by atoms with Gasteiger partial charge in [0.2, 0.25) is 0 Å². The summed E-state index contributed by atoms with van der Waals surface area (Å²) in [5, 5.41) is 3.32. The topological polar surface area (TPSA) is 30.5 Å². The van der Waals surface area contributed by atoms with Crippen LogP contribution >= 0.6 is 0 Å². The molecule has 0 fully saturated rings. The lowest BCUT2D eigenvalue weighted by Gasteiger charge is -2.29. The van der Waals surface area contributed by atoms with E-state index in [4.69, 9.17) is 9.47 Å². The molecule has 0 radical (unpaired) electrons. The zero-order valence-corrected chi connectivity index (χ0v) is 12.2. The van der Waals surface area contributed by atoms with Crippen molar-refractivity contribution >= 4 is 5.69 Å². The summed E-state index contributed by atoms with van der Waals surface area (Å²) < 4.78 is 25.3. The van der Waals surface area contributed by atoms with Crippen molar-refractivity contribution in [2.75, 3.05) is 19.0 Å². The number of ether oxygens (including phenoxy) is 2. The van der Waals surface area contributed by atoms with Crippen LogP contribution in [0, 0.1) is 5.82 Å². The molecule has 1 N–H and O–H groups in total. The van der Waals surface area contributed by atoms with E-state index in [1.165, 1.54) is 18.7 Å². The van der Waals surface area contributed by atoms with Crippen LogP contribution < -0.4 is 14.8 Å². The van der Waals surface area contributed by atoms with Crippen LogP contribution in [0.2, 0.25) is 0 Å². The van der Waals surface area contributed by atoms with Gasteiger partial charge in [-0.2, -0.15) is 0 Å². The Hall–Kier alpha value is -2.23. The summed E-state index contributed by atoms with van der Waals surface area (Å²) in [6, 6.07) is 10.8. The molecule has 1 unspecified atom stereocenters. The first kappa shape index (κ1) is 13.7. The Balaban J connectivity index is 1.93. The van der Waals surface area contributed by atoms with Gasteiger partial charge < -0.3 is 14.8 Å². The normalized spacial score (nSPS) is 16.6. The second-order valence-corrected chi connectivity index (χ2v) is 5.03. The maximum absolute atomic E-state index is 14.1. The predicted octanol–water partition coefficient (Wildman–Crippen LogP) is 3.94. The summed E-state index contributed by atoms with van der Waals surface area (Å²) in [5.41, 5.74) is 2.66. The van der Waals surface area contributed by atoms with E-state index in [0.717, 1.165) is 17.9 Å². The Morgan fingerprint density at radius 3 is 2.95 bits per heavy atom. The number of halogens is 1. The molecule has 1 aliphatic heterocycles. The molecule has 3 nitrogen and oxygen atoms in total. The molecule has 2 aromatic carbocycles. The van der Waals surface area contributed by atoms with Crippen LogP contribution in [-0.2, 0) is 6.42 Å². The Morgan fingerprint density at radius 1 is 1.33 bits per heavy atom. The van der Waals surface area contributed by atoms with Gasteiger partial charge in [0, 0.05) is 0 Å². The van der Waals surface area contributed by atoms with Crippen LogP contribution in [0.4, 0.5) is 10.1 Å². The molecule has 0 aliphatic carbocycles. The monoisotopic (exact) mass is 287 g/mol. The molecule has 1 heterocycles. The third kappa shape index (κ3) is 2.53. The van der Waals surface area contributed by atoms with Crippen LogP contribution in [0.3, 0.4) is 0 Å². The fraction of sp³-hybridized carbons (Fsp3) is 0.294. The van der Waals surface area contributed by atoms with Gasteiger partial charge >= 0.3 is 0 Å². The van der Waals surface area contributed by atoms with E-state index in [1.54, 1.807) is 12.1 Å². The van der Waals surface area contributed by atoms with Crippen molar-refractivity contribution in [2.45, 2.75) is 19.4 Å². The van der Waals surface area contributed by atoms with Crippen molar-refractivity contribution < 1.29 is 13.9 Å². The van der Waals surface area contributed by atoms with Crippen LogP contribution in [0.1, 0.15) is 24.2 Å². The predicted molar refractivity (Wildman–Crippen MR) is 80.6 cm³/mol. The Kier molecular flexibility index (Phi) is 3.69. The first-order chi connectivity index (χ1) is 10.2. The number of methoxy groups -OCH3 is 1. The van der Waals surface area contributed by atoms with Crippen molar-refractivity contribution in [1.82, 2.24) is 0 Å². The van der Waals surface area contributed by atoms with Crippen LogP contribution in [0.15, 0.2) is 36.4 Å². The zero-order chi connectivity index (χ0) is 14.8. The molecule has 110 valence electrons. The SMILES string of the molecule is CCc1ccc2c(c1)NCC(c1c(F)cccc1OC)O2. The fourth-order valence-electron chi connectivity index (χ4n) is 2.60. The minimum atomic E-state index is -0.402. The lowest BCUT2D eigenvalue weighted by atomic mass is 10.0. The molecule has 1 aliphatic rings. The summed E-state index contributed by atoms with van der Waals surface area (Å²) in [6.45, 7) is 2.62. The number of aryl methyl sites for hydroxylation is 1. The highest BCUT2D eigenvalue weighted by molar-refractivity contribution is 5.60. The molecule has 3 rings (SSSR count). The minimum Gasteiger partial charge on any atom is -0.496 e. The summed E-state index contributed by atoms with van der Waals surface area (Å²) in [5.74, 6) is 0.943. The summed E-state index contributed by atoms with van der Waals surface area (Å²) in [6.07, 6.45) is 0.570. The molecule has 2 aromatic rings. The Labute approximate surface area is 123 Å². The summed E-state index contributed by atoms with van der Waals surface area (Å²) in [4.78, 5) is 0. The third-order valence-electron chi connectivity index (χ3n) is 3.75. The van der Waals surface area contributed by atoms with E-state index < -0.39 is 6.10 Å². The highest BCUT2D eigenvalue weighted by Gasteiger charge is 2.26. The lowest BCUT2D eigenvalue weighted by molar-refractivity contribution is 0.199. The number of fused-ring (bicyclic) bond motifs is 1. The first-order valence-electron chi connectivity index (χ1n) is 7.08. The number of rotatable bonds is 3. The number of hydrogen-bond donors (Lipinski definition) is 1. The third-order valence-corrected chi connectivity index (χ3v) is 3.75. The van der Waals surface area contributed by atoms with Crippen molar-refractivity contribution in [1.29, 1.82) is 0 Å². The maximum atomic E-state index is 14.1. The van der Waals surface area contributed by atoms with E-state index in [9.17, 15) is 4.39 Å². The van der Waals surface area contributed by atoms with Gasteiger partial charge in [0.1, 0.15) is 23.4 Å². The Morgan fingerprint density at radius 2 is 2.19 bits per heavy atom. The van der Waals surface area contributed by atoms with E-state index >= 15 is 0 Å². The number of nitrogens with one attached hydrogen (secondary N) is 1. The van der Waals surface area contributed by atoms with Gasteiger partial charge in [-0.3, -0.25) is 0 Å². The molecule has 0 amide bonds. The molecule has 0 aromatic heterocycles. The van der Waals surface area contributed by atoms with Gasteiger partial charge in [0.25, 0.3) is 0 Å². The minimum absolute atomic E-state index is 0.310. The largest absolute Gasteiger partial charge is 0.496 e. The molecule has 0 saturated heterocycles. The second kappa shape index (κ2) is 5.64. The molecule has 0 bridgehead atoms. The zero-order valence-electron chi connectivity index (χ0n) is 12.2. The number of anilines is 1. The van der Waals surface area contributed by atoms with Crippen molar-refractivity contribution in [3.05, 3.63) is 53.3 Å². The highest BCUT2D eigenvalue weighted by Crippen LogP contribution is 2.38. The molecule has 4 heteroatoms. The van der Waals surface area contributed by atoms with Gasteiger partial charge in [0.05, 0.1) is 24.9 Å². The summed E-state index contributed by atoms with van der Waals surface area (Å²) in [7, 11) is 1.54. The van der Waals surface area contributed by atoms with Gasteiger partial charge in [0.15, 0.2) is 0 Å². The lowest BCUT2D eigenvalue weighted by Crippen LogP contribution is -2.25. The Bertz CT molecular complexity index is 657. The van der Waals surface area contributed by atoms with Crippen LogP contribution in [0.5, 0.6) is 11.5 Å². The van der Waals surface area contributed by atoms with E-state index in [1.807, 2.05) is 12.1 Å². The summed E-state index contributed by atoms with van der Waals surface area (Å²) >= 11 is 0. The number of hydrogen-bond acceptors (Lipinski definition) is 3. The van der Waals surface area contributed by atoms with Gasteiger partial charge in [-0.15, -0.1) is 0 Å². The van der Waals surface area contributed by atoms with Crippen molar-refractivity contribution in [3.63, 3.8) is 0 Å². The fourth-order valence-corrected chi connectivity index (χ4v) is 2.60. The molecule has 0 spiro atoms. The average Bonchev–Trinajstić information content (AvgIpc) is 2.53. The van der Waals surface area contributed by atoms with E-state index in [0.29, 0.717) is 17.9 Å². The molecular formula is C17H18FNO2. The maximum Gasteiger partial charge on any atom is 0.147 e. The van der Waals surface area contributed by atoms with Crippen molar-refractivity contribution in [2.24, 2.45) is 0 Å².